The van der Waals surface area contributed by atoms with E-state index in [0.717, 1.165) is 12.1 Å². The second-order valence-corrected chi connectivity index (χ2v) is 4.55. The highest BCUT2D eigenvalue weighted by molar-refractivity contribution is 5.49. The number of hydrogen-bond donors (Lipinski definition) is 1. The second-order valence-electron chi connectivity index (χ2n) is 4.55. The van der Waals surface area contributed by atoms with Gasteiger partial charge in [0, 0.05) is 23.8 Å². The number of benzene rings is 1. The Hall–Kier alpha value is -2.34. The maximum atomic E-state index is 8.80. The van der Waals surface area contributed by atoms with Crippen LogP contribution in [0.2, 0.25) is 0 Å². The van der Waals surface area contributed by atoms with Crippen LogP contribution >= 0.6 is 0 Å². The average Bonchev–Trinajstić information content (AvgIpc) is 3.19. The van der Waals surface area contributed by atoms with E-state index in [-0.39, 0.29) is 0 Å². The quantitative estimate of drug-likeness (QED) is 0.889. The van der Waals surface area contributed by atoms with E-state index in [4.69, 9.17) is 5.26 Å². The van der Waals surface area contributed by atoms with Gasteiger partial charge in [-0.15, -0.1) is 0 Å². The Bertz CT molecular complexity index is 586. The van der Waals surface area contributed by atoms with E-state index >= 15 is 0 Å². The van der Waals surface area contributed by atoms with Crippen molar-refractivity contribution in [3.05, 3.63) is 59.9 Å². The second kappa shape index (κ2) is 4.50. The maximum absolute atomic E-state index is 8.80. The Labute approximate surface area is 106 Å². The van der Waals surface area contributed by atoms with E-state index in [0.29, 0.717) is 17.7 Å². The van der Waals surface area contributed by atoms with Crippen LogP contribution < -0.4 is 5.32 Å². The topological polar surface area (TPSA) is 48.7 Å². The fourth-order valence-electron chi connectivity index (χ4n) is 2.22. The smallest absolute Gasteiger partial charge is 0.142 e. The standard InChI is InChI=1S/C15H13N3/c16-10-13-8-12(6-7-17-13)18-15-9-14(15)11-4-2-1-3-5-11/h1-8,14-15H,9H2,(H,17,18). The van der Waals surface area contributed by atoms with Crippen molar-refractivity contribution >= 4 is 5.69 Å². The van der Waals surface area contributed by atoms with Gasteiger partial charge in [0.15, 0.2) is 0 Å². The minimum atomic E-state index is 0.455. The molecule has 1 N–H and O–H groups in total. The molecule has 1 aliphatic carbocycles. The lowest BCUT2D eigenvalue weighted by atomic mass is 10.1. The van der Waals surface area contributed by atoms with Gasteiger partial charge in [-0.05, 0) is 24.1 Å². The number of hydrogen-bond acceptors (Lipinski definition) is 3. The SMILES string of the molecule is N#Cc1cc(NC2CC2c2ccccc2)ccn1. The van der Waals surface area contributed by atoms with Crippen molar-refractivity contribution in [1.82, 2.24) is 4.98 Å². The van der Waals surface area contributed by atoms with Crippen LogP contribution in [0.15, 0.2) is 48.7 Å². The van der Waals surface area contributed by atoms with Gasteiger partial charge in [-0.1, -0.05) is 30.3 Å². The maximum Gasteiger partial charge on any atom is 0.142 e. The molecule has 3 rings (SSSR count). The predicted octanol–water partition coefficient (Wildman–Crippen LogP) is 2.92. The van der Waals surface area contributed by atoms with E-state index in [2.05, 4.69) is 40.6 Å². The monoisotopic (exact) mass is 235 g/mol. The number of aromatic nitrogens is 1. The minimum absolute atomic E-state index is 0.455. The van der Waals surface area contributed by atoms with Gasteiger partial charge in [-0.25, -0.2) is 4.98 Å². The number of anilines is 1. The molecule has 3 heteroatoms. The first-order valence-electron chi connectivity index (χ1n) is 6.04. The van der Waals surface area contributed by atoms with Crippen molar-refractivity contribution in [3.8, 4) is 6.07 Å². The fourth-order valence-corrected chi connectivity index (χ4v) is 2.22. The number of pyridine rings is 1. The molecule has 1 aliphatic rings. The molecule has 0 spiro atoms. The number of rotatable bonds is 3. The summed E-state index contributed by atoms with van der Waals surface area (Å²) >= 11 is 0. The van der Waals surface area contributed by atoms with Gasteiger partial charge in [0.1, 0.15) is 11.8 Å². The molecular formula is C15H13N3. The lowest BCUT2D eigenvalue weighted by Gasteiger charge is -2.05. The molecule has 88 valence electrons. The summed E-state index contributed by atoms with van der Waals surface area (Å²) in [6.45, 7) is 0. The summed E-state index contributed by atoms with van der Waals surface area (Å²) < 4.78 is 0. The third kappa shape index (κ3) is 2.18. The van der Waals surface area contributed by atoms with Crippen molar-refractivity contribution in [2.75, 3.05) is 5.32 Å². The van der Waals surface area contributed by atoms with Crippen LogP contribution in [0.1, 0.15) is 23.6 Å². The largest absolute Gasteiger partial charge is 0.382 e. The summed E-state index contributed by atoms with van der Waals surface area (Å²) in [5.74, 6) is 0.588. The summed E-state index contributed by atoms with van der Waals surface area (Å²) in [6, 6.07) is 16.7. The van der Waals surface area contributed by atoms with Crippen molar-refractivity contribution < 1.29 is 0 Å². The molecule has 0 aliphatic heterocycles. The zero-order valence-corrected chi connectivity index (χ0v) is 9.88. The molecule has 1 heterocycles. The molecule has 0 bridgehead atoms. The van der Waals surface area contributed by atoms with Crippen LogP contribution in [0, 0.1) is 11.3 Å². The molecule has 2 unspecified atom stereocenters. The Morgan fingerprint density at radius 1 is 1.22 bits per heavy atom. The van der Waals surface area contributed by atoms with Crippen LogP contribution in [-0.4, -0.2) is 11.0 Å². The molecule has 2 aromatic rings. The van der Waals surface area contributed by atoms with E-state index in [9.17, 15) is 0 Å². The van der Waals surface area contributed by atoms with Crippen LogP contribution in [-0.2, 0) is 0 Å². The van der Waals surface area contributed by atoms with Gasteiger partial charge in [-0.2, -0.15) is 5.26 Å². The molecule has 1 aromatic heterocycles. The van der Waals surface area contributed by atoms with Crippen LogP contribution in [0.4, 0.5) is 5.69 Å². The Morgan fingerprint density at radius 3 is 2.83 bits per heavy atom. The molecule has 0 radical (unpaired) electrons. The summed E-state index contributed by atoms with van der Waals surface area (Å²) in [6.07, 6.45) is 2.81. The van der Waals surface area contributed by atoms with Crippen molar-refractivity contribution in [2.45, 2.75) is 18.4 Å². The number of nitrogens with zero attached hydrogens (tertiary/aromatic N) is 2. The van der Waals surface area contributed by atoms with E-state index in [1.54, 1.807) is 12.3 Å². The molecule has 18 heavy (non-hydrogen) atoms. The van der Waals surface area contributed by atoms with Crippen LogP contribution in [0.5, 0.6) is 0 Å². The van der Waals surface area contributed by atoms with E-state index in [1.807, 2.05) is 12.1 Å². The average molecular weight is 235 g/mol. The van der Waals surface area contributed by atoms with Gasteiger partial charge < -0.3 is 5.32 Å². The zero-order chi connectivity index (χ0) is 12.4. The van der Waals surface area contributed by atoms with Gasteiger partial charge in [0.25, 0.3) is 0 Å². The molecule has 3 nitrogen and oxygen atoms in total. The molecule has 2 atom stereocenters. The Morgan fingerprint density at radius 2 is 2.06 bits per heavy atom. The first-order valence-corrected chi connectivity index (χ1v) is 6.04. The Balaban J connectivity index is 1.68. The minimum Gasteiger partial charge on any atom is -0.382 e. The summed E-state index contributed by atoms with van der Waals surface area (Å²) in [4.78, 5) is 3.96. The fraction of sp³-hybridized carbons (Fsp3) is 0.200. The molecule has 0 saturated heterocycles. The number of nitriles is 1. The zero-order valence-electron chi connectivity index (χ0n) is 9.88. The highest BCUT2D eigenvalue weighted by Crippen LogP contribution is 2.42. The van der Waals surface area contributed by atoms with Crippen molar-refractivity contribution in [2.24, 2.45) is 0 Å². The summed E-state index contributed by atoms with van der Waals surface area (Å²) in [5, 5.41) is 12.2. The normalized spacial score (nSPS) is 21.1. The van der Waals surface area contributed by atoms with Crippen LogP contribution in [0.25, 0.3) is 0 Å². The van der Waals surface area contributed by atoms with Gasteiger partial charge in [0.05, 0.1) is 0 Å². The molecule has 0 amide bonds. The third-order valence-electron chi connectivity index (χ3n) is 3.24. The van der Waals surface area contributed by atoms with Gasteiger partial charge in [-0.3, -0.25) is 0 Å². The van der Waals surface area contributed by atoms with Gasteiger partial charge >= 0.3 is 0 Å². The molecule has 1 aromatic carbocycles. The lowest BCUT2D eigenvalue weighted by Crippen LogP contribution is -2.04. The van der Waals surface area contributed by atoms with Gasteiger partial charge in [0.2, 0.25) is 0 Å². The third-order valence-corrected chi connectivity index (χ3v) is 3.24. The summed E-state index contributed by atoms with van der Waals surface area (Å²) in [7, 11) is 0. The van der Waals surface area contributed by atoms with Crippen molar-refractivity contribution in [3.63, 3.8) is 0 Å². The first kappa shape index (κ1) is 10.8. The molecule has 1 saturated carbocycles. The lowest BCUT2D eigenvalue weighted by molar-refractivity contribution is 1.04. The highest BCUT2D eigenvalue weighted by atomic mass is 15.0. The summed E-state index contributed by atoms with van der Waals surface area (Å²) in [5.41, 5.74) is 2.81. The first-order chi connectivity index (χ1) is 8.86. The predicted molar refractivity (Wildman–Crippen MR) is 70.2 cm³/mol. The Kier molecular flexibility index (Phi) is 2.70. The highest BCUT2D eigenvalue weighted by Gasteiger charge is 2.38. The van der Waals surface area contributed by atoms with E-state index in [1.165, 1.54) is 5.56 Å². The van der Waals surface area contributed by atoms with Crippen molar-refractivity contribution in [1.29, 1.82) is 5.26 Å². The number of nitrogens with one attached hydrogen (secondary N) is 1. The molecular weight excluding hydrogens is 222 g/mol. The van der Waals surface area contributed by atoms with Crippen LogP contribution in [0.3, 0.4) is 0 Å². The molecule has 1 fully saturated rings. The van der Waals surface area contributed by atoms with E-state index < -0.39 is 0 Å².